The van der Waals surface area contributed by atoms with Gasteiger partial charge in [-0.15, -0.1) is 0 Å². The monoisotopic (exact) mass is 578 g/mol. The Bertz CT molecular complexity index is 1750. The van der Waals surface area contributed by atoms with Gasteiger partial charge in [0.25, 0.3) is 0 Å². The predicted octanol–water partition coefficient (Wildman–Crippen LogP) is 6.34. The number of ether oxygens (including phenoxy) is 2. The quantitative estimate of drug-likeness (QED) is 0.247. The van der Waals surface area contributed by atoms with Crippen molar-refractivity contribution in [1.29, 1.82) is 0 Å². The van der Waals surface area contributed by atoms with Crippen LogP contribution in [0.3, 0.4) is 0 Å². The zero-order valence-corrected chi connectivity index (χ0v) is 25.4. The molecule has 0 radical (unpaired) electrons. The summed E-state index contributed by atoms with van der Waals surface area (Å²) in [7, 11) is 0. The first kappa shape index (κ1) is 28.7. The first-order valence-electron chi connectivity index (χ1n) is 14.9. The Kier molecular flexibility index (Phi) is 8.29. The summed E-state index contributed by atoms with van der Waals surface area (Å²) < 4.78 is 19.6. The second-order valence-electron chi connectivity index (χ2n) is 11.4. The van der Waals surface area contributed by atoms with Crippen LogP contribution in [0.5, 0.6) is 5.75 Å². The van der Waals surface area contributed by atoms with Crippen LogP contribution >= 0.6 is 0 Å². The van der Waals surface area contributed by atoms with E-state index >= 15 is 0 Å². The first-order valence-corrected chi connectivity index (χ1v) is 14.9. The molecule has 0 fully saturated rings. The normalized spacial score (nSPS) is 14.3. The van der Waals surface area contributed by atoms with Gasteiger partial charge >= 0.3 is 0 Å². The zero-order chi connectivity index (χ0) is 29.9. The molecule has 0 aliphatic carbocycles. The summed E-state index contributed by atoms with van der Waals surface area (Å²) in [5, 5.41) is 4.14. The van der Waals surface area contributed by atoms with Gasteiger partial charge in [-0.05, 0) is 85.3 Å². The lowest BCUT2D eigenvalue weighted by Crippen LogP contribution is -2.34. The van der Waals surface area contributed by atoms with Gasteiger partial charge in [0.15, 0.2) is 0 Å². The van der Waals surface area contributed by atoms with E-state index in [2.05, 4.69) is 77.1 Å². The van der Waals surface area contributed by atoms with Crippen LogP contribution in [0.25, 0.3) is 22.2 Å². The van der Waals surface area contributed by atoms with Crippen molar-refractivity contribution in [2.45, 2.75) is 53.6 Å². The van der Waals surface area contributed by atoms with Gasteiger partial charge in [-0.25, -0.2) is 4.98 Å². The van der Waals surface area contributed by atoms with E-state index < -0.39 is 0 Å². The van der Waals surface area contributed by atoms with Gasteiger partial charge in [-0.2, -0.15) is 0 Å². The number of fused-ring (bicyclic) bond motifs is 4. The topological polar surface area (TPSA) is 82.6 Å². The van der Waals surface area contributed by atoms with Gasteiger partial charge in [0.05, 0.1) is 36.3 Å². The minimum Gasteiger partial charge on any atom is -0.491 e. The summed E-state index contributed by atoms with van der Waals surface area (Å²) >= 11 is 0. The minimum absolute atomic E-state index is 0.0949. The minimum atomic E-state index is 0.0949. The van der Waals surface area contributed by atoms with Crippen molar-refractivity contribution in [1.82, 2.24) is 19.6 Å². The molecule has 6 rings (SSSR count). The van der Waals surface area contributed by atoms with Crippen molar-refractivity contribution >= 4 is 16.9 Å². The van der Waals surface area contributed by atoms with Gasteiger partial charge < -0.3 is 23.5 Å². The lowest BCUT2D eigenvalue weighted by Gasteiger charge is -2.24. The Labute approximate surface area is 252 Å². The molecule has 0 saturated heterocycles. The number of carbonyl (C=O) groups is 1. The molecule has 3 heterocycles. The molecular formula is C35H38N4O4. The molecule has 1 amide bonds. The predicted molar refractivity (Wildman–Crippen MR) is 166 cm³/mol. The van der Waals surface area contributed by atoms with Gasteiger partial charge in [0, 0.05) is 38.0 Å². The number of carbonyl (C=O) groups excluding carboxylic acids is 1. The highest BCUT2D eigenvalue weighted by atomic mass is 16.5. The molecule has 1 aliphatic rings. The summed E-state index contributed by atoms with van der Waals surface area (Å²) in [5.74, 6) is 1.74. The molecule has 5 aromatic rings. The van der Waals surface area contributed by atoms with Crippen LogP contribution in [-0.4, -0.2) is 51.9 Å². The third kappa shape index (κ3) is 6.34. The summed E-state index contributed by atoms with van der Waals surface area (Å²) in [4.78, 5) is 20.0. The maximum absolute atomic E-state index is 13.6. The van der Waals surface area contributed by atoms with Crippen LogP contribution in [0, 0.1) is 27.7 Å². The van der Waals surface area contributed by atoms with E-state index in [1.54, 1.807) is 0 Å². The Balaban J connectivity index is 1.22. The summed E-state index contributed by atoms with van der Waals surface area (Å²) in [6.07, 6.45) is 2.92. The third-order valence-electron chi connectivity index (χ3n) is 8.29. The molecule has 0 saturated carbocycles. The Morgan fingerprint density at radius 2 is 1.77 bits per heavy atom. The SMILES string of the molecule is Cc1cc2ncn(CCC(=O)N3CCOCCOc4ccc(-c5c(C)noc5C)cc4Cc4cccc(c4)C3)c2cc1C. The maximum atomic E-state index is 13.6. The van der Waals surface area contributed by atoms with E-state index in [4.69, 9.17) is 14.0 Å². The first-order chi connectivity index (χ1) is 20.9. The van der Waals surface area contributed by atoms with Crippen molar-refractivity contribution in [3.05, 3.63) is 100 Å². The van der Waals surface area contributed by atoms with Gasteiger partial charge in [-0.1, -0.05) is 35.5 Å². The molecule has 2 aromatic heterocycles. The smallest absolute Gasteiger partial charge is 0.224 e. The van der Waals surface area contributed by atoms with E-state index in [-0.39, 0.29) is 5.91 Å². The largest absolute Gasteiger partial charge is 0.491 e. The van der Waals surface area contributed by atoms with E-state index in [9.17, 15) is 4.79 Å². The number of benzene rings is 3. The Morgan fingerprint density at radius 3 is 2.60 bits per heavy atom. The lowest BCUT2D eigenvalue weighted by molar-refractivity contribution is -0.132. The number of amides is 1. The lowest BCUT2D eigenvalue weighted by atomic mass is 9.96. The highest BCUT2D eigenvalue weighted by molar-refractivity contribution is 5.79. The zero-order valence-electron chi connectivity index (χ0n) is 25.4. The average Bonchev–Trinajstić information content (AvgIpc) is 3.54. The molecule has 222 valence electrons. The fourth-order valence-electron chi connectivity index (χ4n) is 5.83. The third-order valence-corrected chi connectivity index (χ3v) is 8.29. The number of nitrogens with zero attached hydrogens (tertiary/aromatic N) is 4. The molecule has 0 atom stereocenters. The summed E-state index contributed by atoms with van der Waals surface area (Å²) in [6.45, 7) is 11.0. The molecule has 2 bridgehead atoms. The van der Waals surface area contributed by atoms with Crippen LogP contribution in [0.15, 0.2) is 65.4 Å². The Morgan fingerprint density at radius 1 is 0.930 bits per heavy atom. The molecular weight excluding hydrogens is 540 g/mol. The molecule has 0 unspecified atom stereocenters. The van der Waals surface area contributed by atoms with Crippen LogP contribution in [0.1, 0.15) is 45.7 Å². The van der Waals surface area contributed by atoms with Gasteiger partial charge in [0.1, 0.15) is 18.1 Å². The number of hydrogen-bond acceptors (Lipinski definition) is 6. The molecule has 0 N–H and O–H groups in total. The summed E-state index contributed by atoms with van der Waals surface area (Å²) in [6, 6.07) is 19.0. The molecule has 8 nitrogen and oxygen atoms in total. The van der Waals surface area contributed by atoms with Crippen molar-refractivity contribution in [2.24, 2.45) is 0 Å². The molecule has 43 heavy (non-hydrogen) atoms. The average molecular weight is 579 g/mol. The van der Waals surface area contributed by atoms with Crippen molar-refractivity contribution in [2.75, 3.05) is 26.4 Å². The van der Waals surface area contributed by atoms with Crippen molar-refractivity contribution in [3.8, 4) is 16.9 Å². The van der Waals surface area contributed by atoms with E-state index in [1.165, 1.54) is 11.1 Å². The number of aromatic nitrogens is 3. The number of hydrogen-bond donors (Lipinski definition) is 0. The number of aryl methyl sites for hydroxylation is 5. The van der Waals surface area contributed by atoms with Crippen molar-refractivity contribution < 1.29 is 18.8 Å². The van der Waals surface area contributed by atoms with Crippen LogP contribution in [0.4, 0.5) is 0 Å². The van der Waals surface area contributed by atoms with E-state index in [1.807, 2.05) is 31.1 Å². The van der Waals surface area contributed by atoms with Gasteiger partial charge in [0.2, 0.25) is 5.91 Å². The summed E-state index contributed by atoms with van der Waals surface area (Å²) in [5.41, 5.74) is 10.7. The molecule has 0 spiro atoms. The van der Waals surface area contributed by atoms with Crippen LogP contribution in [-0.2, 0) is 29.0 Å². The molecule has 3 aromatic carbocycles. The highest BCUT2D eigenvalue weighted by Gasteiger charge is 2.18. The fourth-order valence-corrected chi connectivity index (χ4v) is 5.83. The van der Waals surface area contributed by atoms with Crippen molar-refractivity contribution in [3.63, 3.8) is 0 Å². The van der Waals surface area contributed by atoms with Gasteiger partial charge in [-0.3, -0.25) is 4.79 Å². The second kappa shape index (κ2) is 12.4. The number of imidazole rings is 1. The highest BCUT2D eigenvalue weighted by Crippen LogP contribution is 2.32. The second-order valence-corrected chi connectivity index (χ2v) is 11.4. The molecule has 8 heteroatoms. The van der Waals surface area contributed by atoms with E-state index in [0.717, 1.165) is 56.1 Å². The standard InChI is InChI=1S/C35H38N4O4/c1-23-16-31-32(17-24(23)2)39(22-36-31)11-10-34(40)38-12-13-41-14-15-42-33-9-8-29(35-25(3)37-43-26(35)4)20-30(33)19-27-6-5-7-28(18-27)21-38/h5-9,16-18,20,22H,10-15,19,21H2,1-4H3. The maximum Gasteiger partial charge on any atom is 0.224 e. The molecule has 1 aliphatic heterocycles. The Hall–Kier alpha value is -4.43. The fraction of sp³-hybridized carbons (Fsp3) is 0.343. The van der Waals surface area contributed by atoms with Crippen LogP contribution in [0.2, 0.25) is 0 Å². The number of rotatable bonds is 4. The van der Waals surface area contributed by atoms with Crippen LogP contribution < -0.4 is 4.74 Å². The van der Waals surface area contributed by atoms with E-state index in [0.29, 0.717) is 52.3 Å².